The van der Waals surface area contributed by atoms with Gasteiger partial charge in [-0.2, -0.15) is 0 Å². The highest BCUT2D eigenvalue weighted by Gasteiger charge is 2.38. The SMILES string of the molecule is CCOc1ccc(CN[C@@H](C(=O)N[C@H]2c3ccccc3CC2O)[C@H](O)[C@H](Cc2ccccc2)NC(=O)OC(C)(C)C)cc1. The fourth-order valence-corrected chi connectivity index (χ4v) is 5.27. The molecule has 0 aromatic heterocycles. The van der Waals surface area contributed by atoms with Crippen LogP contribution in [-0.4, -0.2) is 58.7 Å². The Morgan fingerprint density at radius 2 is 1.63 bits per heavy atom. The minimum atomic E-state index is -1.36. The zero-order valence-electron chi connectivity index (χ0n) is 25.2. The van der Waals surface area contributed by atoms with E-state index in [-0.39, 0.29) is 13.0 Å². The summed E-state index contributed by atoms with van der Waals surface area (Å²) in [6.45, 7) is 8.00. The monoisotopic (exact) mass is 589 g/mol. The molecule has 43 heavy (non-hydrogen) atoms. The first-order valence-corrected chi connectivity index (χ1v) is 14.8. The minimum absolute atomic E-state index is 0.255. The molecule has 3 aromatic carbocycles. The van der Waals surface area contributed by atoms with Gasteiger partial charge in [0.05, 0.1) is 30.9 Å². The summed E-state index contributed by atoms with van der Waals surface area (Å²) in [4.78, 5) is 26.8. The Kier molecular flexibility index (Phi) is 10.8. The van der Waals surface area contributed by atoms with E-state index in [0.717, 1.165) is 28.0 Å². The molecule has 9 nitrogen and oxygen atoms in total. The van der Waals surface area contributed by atoms with Gasteiger partial charge in [0, 0.05) is 13.0 Å². The summed E-state index contributed by atoms with van der Waals surface area (Å²) in [6.07, 6.45) is -2.18. The molecule has 0 saturated heterocycles. The van der Waals surface area contributed by atoms with Crippen LogP contribution in [0.1, 0.15) is 56.0 Å². The highest BCUT2D eigenvalue weighted by Crippen LogP contribution is 2.31. The van der Waals surface area contributed by atoms with Crippen molar-refractivity contribution in [3.8, 4) is 5.75 Å². The number of carbonyl (C=O) groups is 2. The zero-order chi connectivity index (χ0) is 31.0. The molecule has 1 aliphatic rings. The van der Waals surface area contributed by atoms with E-state index in [4.69, 9.17) is 9.47 Å². The van der Waals surface area contributed by atoms with Crippen LogP contribution < -0.4 is 20.7 Å². The molecule has 9 heteroatoms. The summed E-state index contributed by atoms with van der Waals surface area (Å²) < 4.78 is 11.0. The van der Waals surface area contributed by atoms with Crippen LogP contribution in [0.2, 0.25) is 0 Å². The molecule has 0 spiro atoms. The molecule has 230 valence electrons. The van der Waals surface area contributed by atoms with E-state index in [9.17, 15) is 19.8 Å². The maximum Gasteiger partial charge on any atom is 0.407 e. The third-order valence-electron chi connectivity index (χ3n) is 7.30. The molecule has 5 atom stereocenters. The number of carbonyl (C=O) groups excluding carboxylic acids is 2. The molecule has 1 unspecified atom stereocenters. The molecule has 2 amide bonds. The van der Waals surface area contributed by atoms with Crippen LogP contribution in [-0.2, 0) is 28.9 Å². The third kappa shape index (κ3) is 9.03. The van der Waals surface area contributed by atoms with E-state index in [1.807, 2.05) is 85.8 Å². The summed E-state index contributed by atoms with van der Waals surface area (Å²) >= 11 is 0. The van der Waals surface area contributed by atoms with Gasteiger partial charge < -0.3 is 30.3 Å². The summed E-state index contributed by atoms with van der Waals surface area (Å²) in [5.74, 6) is 0.238. The fraction of sp³-hybridized carbons (Fsp3) is 0.412. The lowest BCUT2D eigenvalue weighted by atomic mass is 9.95. The molecule has 5 N–H and O–H groups in total. The molecule has 1 aliphatic carbocycles. The largest absolute Gasteiger partial charge is 0.494 e. The predicted molar refractivity (Wildman–Crippen MR) is 165 cm³/mol. The number of aliphatic hydroxyl groups is 2. The van der Waals surface area contributed by atoms with Crippen molar-refractivity contribution < 1.29 is 29.3 Å². The second-order valence-electron chi connectivity index (χ2n) is 11.8. The van der Waals surface area contributed by atoms with E-state index in [2.05, 4.69) is 16.0 Å². The van der Waals surface area contributed by atoms with Crippen molar-refractivity contribution in [3.05, 3.63) is 101 Å². The number of aliphatic hydroxyl groups excluding tert-OH is 2. The van der Waals surface area contributed by atoms with Crippen molar-refractivity contribution in [2.75, 3.05) is 6.61 Å². The van der Waals surface area contributed by atoms with E-state index >= 15 is 0 Å². The molecule has 0 bridgehead atoms. The van der Waals surface area contributed by atoms with Gasteiger partial charge in [0.15, 0.2) is 0 Å². The van der Waals surface area contributed by atoms with E-state index in [1.165, 1.54) is 0 Å². The molecule has 4 rings (SSSR count). The Labute approximate surface area is 253 Å². The fourth-order valence-electron chi connectivity index (χ4n) is 5.27. The number of benzene rings is 3. The molecular formula is C34H43N3O6. The van der Waals surface area contributed by atoms with Crippen molar-refractivity contribution in [1.82, 2.24) is 16.0 Å². The molecular weight excluding hydrogens is 546 g/mol. The van der Waals surface area contributed by atoms with E-state index < -0.39 is 47.9 Å². The van der Waals surface area contributed by atoms with Crippen LogP contribution >= 0.6 is 0 Å². The van der Waals surface area contributed by atoms with Crippen LogP contribution in [0, 0.1) is 0 Å². The zero-order valence-corrected chi connectivity index (χ0v) is 25.2. The van der Waals surface area contributed by atoms with Gasteiger partial charge in [-0.1, -0.05) is 66.7 Å². The first-order chi connectivity index (χ1) is 20.5. The van der Waals surface area contributed by atoms with Gasteiger partial charge in [-0.25, -0.2) is 4.79 Å². The van der Waals surface area contributed by atoms with Crippen molar-refractivity contribution in [1.29, 1.82) is 0 Å². The van der Waals surface area contributed by atoms with Gasteiger partial charge in [0.1, 0.15) is 17.4 Å². The molecule has 0 aliphatic heterocycles. The van der Waals surface area contributed by atoms with Gasteiger partial charge in [0.2, 0.25) is 5.91 Å². The lowest BCUT2D eigenvalue weighted by Gasteiger charge is -2.32. The van der Waals surface area contributed by atoms with E-state index in [1.54, 1.807) is 20.8 Å². The van der Waals surface area contributed by atoms with Crippen molar-refractivity contribution in [3.63, 3.8) is 0 Å². The molecule has 3 aromatic rings. The van der Waals surface area contributed by atoms with Crippen LogP contribution in [0.5, 0.6) is 5.75 Å². The summed E-state index contributed by atoms with van der Waals surface area (Å²) in [6, 6.07) is 21.8. The topological polar surface area (TPSA) is 129 Å². The molecule has 0 radical (unpaired) electrons. The van der Waals surface area contributed by atoms with Gasteiger partial charge in [-0.15, -0.1) is 0 Å². The van der Waals surface area contributed by atoms with Crippen LogP contribution in [0.15, 0.2) is 78.9 Å². The van der Waals surface area contributed by atoms with Gasteiger partial charge in [-0.05, 0) is 68.5 Å². The highest BCUT2D eigenvalue weighted by molar-refractivity contribution is 5.83. The first-order valence-electron chi connectivity index (χ1n) is 14.8. The van der Waals surface area contributed by atoms with E-state index in [0.29, 0.717) is 13.0 Å². The number of amides is 2. The van der Waals surface area contributed by atoms with Crippen LogP contribution in [0.4, 0.5) is 4.79 Å². The number of rotatable bonds is 12. The van der Waals surface area contributed by atoms with Crippen LogP contribution in [0.3, 0.4) is 0 Å². The van der Waals surface area contributed by atoms with Crippen molar-refractivity contribution >= 4 is 12.0 Å². The molecule has 0 heterocycles. The summed E-state index contributed by atoms with van der Waals surface area (Å²) in [5.41, 5.74) is 2.80. The molecule has 0 saturated carbocycles. The number of hydrogen-bond acceptors (Lipinski definition) is 7. The maximum absolute atomic E-state index is 13.9. The first kappa shape index (κ1) is 32.0. The third-order valence-corrected chi connectivity index (χ3v) is 7.30. The Morgan fingerprint density at radius 3 is 2.30 bits per heavy atom. The Balaban J connectivity index is 1.60. The van der Waals surface area contributed by atoms with Crippen LogP contribution in [0.25, 0.3) is 0 Å². The summed E-state index contributed by atoms with van der Waals surface area (Å²) in [5, 5.41) is 31.6. The standard InChI is InChI=1S/C34H43N3O6/c1-5-42-25-17-15-23(16-18-25)21-35-30(32(40)37-29-26-14-10-9-13-24(26)20-28(29)38)31(39)27(19-22-11-7-6-8-12-22)36-33(41)43-34(2,3)4/h6-18,27-31,35,38-39H,5,19-21H2,1-4H3,(H,36,41)(H,37,40)/t27-,28?,29-,30+,31+/m0/s1. The highest BCUT2D eigenvalue weighted by atomic mass is 16.6. The minimum Gasteiger partial charge on any atom is -0.494 e. The smallest absolute Gasteiger partial charge is 0.407 e. The average Bonchev–Trinajstić information content (AvgIpc) is 3.27. The Morgan fingerprint density at radius 1 is 0.953 bits per heavy atom. The number of ether oxygens (including phenoxy) is 2. The lowest BCUT2D eigenvalue weighted by molar-refractivity contribution is -0.128. The van der Waals surface area contributed by atoms with Gasteiger partial charge >= 0.3 is 6.09 Å². The summed E-state index contributed by atoms with van der Waals surface area (Å²) in [7, 11) is 0. The number of fused-ring (bicyclic) bond motifs is 1. The lowest BCUT2D eigenvalue weighted by Crippen LogP contribution is -2.60. The van der Waals surface area contributed by atoms with Gasteiger partial charge in [0.25, 0.3) is 0 Å². The average molecular weight is 590 g/mol. The van der Waals surface area contributed by atoms with Gasteiger partial charge in [-0.3, -0.25) is 10.1 Å². The normalized spacial score (nSPS) is 18.2. The quantitative estimate of drug-likeness (QED) is 0.217. The number of alkyl carbamates (subject to hydrolysis) is 1. The Bertz CT molecular complexity index is 1340. The van der Waals surface area contributed by atoms with Crippen molar-refractivity contribution in [2.24, 2.45) is 0 Å². The second-order valence-corrected chi connectivity index (χ2v) is 11.8. The number of hydrogen-bond donors (Lipinski definition) is 5. The second kappa shape index (κ2) is 14.5. The number of nitrogens with one attached hydrogen (secondary N) is 3. The van der Waals surface area contributed by atoms with Crippen molar-refractivity contribution in [2.45, 2.75) is 83.0 Å². The Hall–Kier alpha value is -3.92. The maximum atomic E-state index is 13.9. The predicted octanol–water partition coefficient (Wildman–Crippen LogP) is 3.81. The molecule has 0 fully saturated rings.